The molecule has 2 fully saturated rings. The predicted molar refractivity (Wildman–Crippen MR) is 91.7 cm³/mol. The Morgan fingerprint density at radius 3 is 2.57 bits per heavy atom. The predicted octanol–water partition coefficient (Wildman–Crippen LogP) is 3.25. The average molecular weight is 340 g/mol. The van der Waals surface area contributed by atoms with Gasteiger partial charge >= 0.3 is 0 Å². The molecule has 130 valence electrons. The first kappa shape index (κ1) is 17.3. The van der Waals surface area contributed by atoms with E-state index in [1.807, 2.05) is 6.92 Å². The van der Waals surface area contributed by atoms with Crippen LogP contribution in [0.25, 0.3) is 0 Å². The molecule has 3 rings (SSSR count). The van der Waals surface area contributed by atoms with Gasteiger partial charge in [0.25, 0.3) is 0 Å². The Bertz CT molecular complexity index is 534. The van der Waals surface area contributed by atoms with Gasteiger partial charge in [-0.25, -0.2) is 0 Å². The quantitative estimate of drug-likeness (QED) is 0.912. The second-order valence-electron chi connectivity index (χ2n) is 7.90. The minimum absolute atomic E-state index is 0.0943. The van der Waals surface area contributed by atoms with Gasteiger partial charge in [-0.3, -0.25) is 0 Å². The highest BCUT2D eigenvalue weighted by molar-refractivity contribution is 7.11. The lowest BCUT2D eigenvalue weighted by Crippen LogP contribution is -2.66. The molecule has 1 spiro atoms. The van der Waals surface area contributed by atoms with Crippen LogP contribution in [0, 0.1) is 12.3 Å². The standard InChI is InChI=1S/C17H29N3O2S/c1-11(15-20-19-12(2)23-15)18-13-10-14(22-16(3,4)5)17(13)6-8-21-9-7-17/h11,13-14,18H,6-10H2,1-5H3. The van der Waals surface area contributed by atoms with E-state index in [1.54, 1.807) is 11.3 Å². The first-order chi connectivity index (χ1) is 10.8. The molecule has 1 aliphatic carbocycles. The molecule has 0 aromatic carbocycles. The first-order valence-corrected chi connectivity index (χ1v) is 9.43. The molecule has 1 aliphatic heterocycles. The molecular weight excluding hydrogens is 310 g/mol. The van der Waals surface area contributed by atoms with E-state index in [2.05, 4.69) is 43.2 Å². The lowest BCUT2D eigenvalue weighted by Gasteiger charge is -2.59. The summed E-state index contributed by atoms with van der Waals surface area (Å²) in [6, 6.07) is 0.708. The third-order valence-corrected chi connectivity index (χ3v) is 6.09. The molecule has 6 heteroatoms. The van der Waals surface area contributed by atoms with Crippen molar-refractivity contribution < 1.29 is 9.47 Å². The van der Waals surface area contributed by atoms with Gasteiger partial charge in [-0.1, -0.05) is 0 Å². The van der Waals surface area contributed by atoms with Gasteiger partial charge in [-0.15, -0.1) is 21.5 Å². The van der Waals surface area contributed by atoms with Crippen LogP contribution in [0.4, 0.5) is 0 Å². The Hall–Kier alpha value is -0.560. The fourth-order valence-electron chi connectivity index (χ4n) is 3.86. The molecule has 1 saturated heterocycles. The van der Waals surface area contributed by atoms with Crippen molar-refractivity contribution in [2.24, 2.45) is 5.41 Å². The van der Waals surface area contributed by atoms with Crippen molar-refractivity contribution in [3.63, 3.8) is 0 Å². The van der Waals surface area contributed by atoms with Crippen LogP contribution in [0.15, 0.2) is 0 Å². The largest absolute Gasteiger partial charge is 0.381 e. The summed E-state index contributed by atoms with van der Waals surface area (Å²) in [7, 11) is 0. The molecule has 0 radical (unpaired) electrons. The fourth-order valence-corrected chi connectivity index (χ4v) is 4.57. The molecule has 1 N–H and O–H groups in total. The van der Waals surface area contributed by atoms with Gasteiger partial charge in [0, 0.05) is 24.7 Å². The van der Waals surface area contributed by atoms with Crippen molar-refractivity contribution in [1.29, 1.82) is 0 Å². The van der Waals surface area contributed by atoms with Gasteiger partial charge in [0.05, 0.1) is 17.7 Å². The second kappa shape index (κ2) is 6.39. The maximum absolute atomic E-state index is 6.37. The van der Waals surface area contributed by atoms with Crippen LogP contribution in [0.2, 0.25) is 0 Å². The minimum Gasteiger partial charge on any atom is -0.381 e. The summed E-state index contributed by atoms with van der Waals surface area (Å²) >= 11 is 1.68. The van der Waals surface area contributed by atoms with E-state index in [-0.39, 0.29) is 17.1 Å². The summed E-state index contributed by atoms with van der Waals surface area (Å²) in [6.07, 6.45) is 3.55. The fraction of sp³-hybridized carbons (Fsp3) is 0.882. The van der Waals surface area contributed by atoms with E-state index in [4.69, 9.17) is 9.47 Å². The van der Waals surface area contributed by atoms with Crippen molar-refractivity contribution in [1.82, 2.24) is 15.5 Å². The molecule has 1 aromatic heterocycles. The summed E-state index contributed by atoms with van der Waals surface area (Å²) in [5.74, 6) is 0. The smallest absolute Gasteiger partial charge is 0.134 e. The zero-order valence-corrected chi connectivity index (χ0v) is 15.7. The van der Waals surface area contributed by atoms with Crippen LogP contribution in [-0.4, -0.2) is 41.2 Å². The van der Waals surface area contributed by atoms with Crippen molar-refractivity contribution in [2.45, 2.75) is 77.7 Å². The summed E-state index contributed by atoms with van der Waals surface area (Å²) in [6.45, 7) is 12.3. The topological polar surface area (TPSA) is 56.3 Å². The van der Waals surface area contributed by atoms with E-state index >= 15 is 0 Å². The SMILES string of the molecule is Cc1nnc(C(C)NC2CC(OC(C)(C)C)C23CCOCC3)s1. The second-order valence-corrected chi connectivity index (χ2v) is 9.11. The highest BCUT2D eigenvalue weighted by atomic mass is 32.1. The monoisotopic (exact) mass is 339 g/mol. The van der Waals surface area contributed by atoms with Crippen LogP contribution in [0.1, 0.15) is 63.0 Å². The maximum atomic E-state index is 6.37. The van der Waals surface area contributed by atoms with E-state index in [0.717, 1.165) is 42.5 Å². The average Bonchev–Trinajstić information content (AvgIpc) is 2.92. The molecule has 2 aliphatic rings. The number of hydrogen-bond donors (Lipinski definition) is 1. The van der Waals surface area contributed by atoms with Gasteiger partial charge in [-0.2, -0.15) is 0 Å². The normalized spacial score (nSPS) is 28.6. The number of nitrogens with one attached hydrogen (secondary N) is 1. The van der Waals surface area contributed by atoms with Crippen molar-refractivity contribution in [3.05, 3.63) is 10.0 Å². The number of aryl methyl sites for hydroxylation is 1. The molecule has 0 amide bonds. The van der Waals surface area contributed by atoms with E-state index < -0.39 is 0 Å². The Kier molecular flexibility index (Phi) is 4.80. The lowest BCUT2D eigenvalue weighted by molar-refractivity contribution is -0.213. The Labute approximate surface area is 143 Å². The summed E-state index contributed by atoms with van der Waals surface area (Å²) in [4.78, 5) is 0. The van der Waals surface area contributed by atoms with Gasteiger partial charge in [0.15, 0.2) is 0 Å². The van der Waals surface area contributed by atoms with Crippen LogP contribution in [0.3, 0.4) is 0 Å². The Balaban J connectivity index is 1.69. The zero-order valence-electron chi connectivity index (χ0n) is 14.9. The van der Waals surface area contributed by atoms with E-state index in [0.29, 0.717) is 12.1 Å². The highest BCUT2D eigenvalue weighted by Crippen LogP contribution is 2.52. The molecule has 1 saturated carbocycles. The molecule has 5 nitrogen and oxygen atoms in total. The van der Waals surface area contributed by atoms with Gasteiger partial charge < -0.3 is 14.8 Å². The zero-order chi connectivity index (χ0) is 16.7. The maximum Gasteiger partial charge on any atom is 0.134 e. The number of aromatic nitrogens is 2. The van der Waals surface area contributed by atoms with Crippen LogP contribution in [0.5, 0.6) is 0 Å². The van der Waals surface area contributed by atoms with Crippen molar-refractivity contribution in [2.75, 3.05) is 13.2 Å². The summed E-state index contributed by atoms with van der Waals surface area (Å²) in [5, 5.41) is 14.3. The van der Waals surface area contributed by atoms with Gasteiger partial charge in [0.2, 0.25) is 0 Å². The van der Waals surface area contributed by atoms with Crippen LogP contribution >= 0.6 is 11.3 Å². The van der Waals surface area contributed by atoms with Crippen LogP contribution < -0.4 is 5.32 Å². The van der Waals surface area contributed by atoms with Gasteiger partial charge in [0.1, 0.15) is 10.0 Å². The van der Waals surface area contributed by atoms with Crippen molar-refractivity contribution in [3.8, 4) is 0 Å². The van der Waals surface area contributed by atoms with E-state index in [1.165, 1.54) is 0 Å². The summed E-state index contributed by atoms with van der Waals surface area (Å²) < 4.78 is 12.0. The minimum atomic E-state index is -0.0943. The molecule has 0 bridgehead atoms. The summed E-state index contributed by atoms with van der Waals surface area (Å²) in [5.41, 5.74) is 0.114. The molecule has 1 aromatic rings. The van der Waals surface area contributed by atoms with Crippen LogP contribution in [-0.2, 0) is 9.47 Å². The van der Waals surface area contributed by atoms with Crippen molar-refractivity contribution >= 4 is 11.3 Å². The molecule has 23 heavy (non-hydrogen) atoms. The number of rotatable bonds is 4. The third-order valence-electron chi connectivity index (χ3n) is 5.07. The highest BCUT2D eigenvalue weighted by Gasteiger charge is 2.57. The molecular formula is C17H29N3O2S. The lowest BCUT2D eigenvalue weighted by atomic mass is 9.57. The third kappa shape index (κ3) is 3.60. The number of ether oxygens (including phenoxy) is 2. The Morgan fingerprint density at radius 1 is 1.30 bits per heavy atom. The van der Waals surface area contributed by atoms with E-state index in [9.17, 15) is 0 Å². The number of nitrogens with zero attached hydrogens (tertiary/aromatic N) is 2. The molecule has 3 atom stereocenters. The number of hydrogen-bond acceptors (Lipinski definition) is 6. The first-order valence-electron chi connectivity index (χ1n) is 8.62. The Morgan fingerprint density at radius 2 is 2.00 bits per heavy atom. The molecule has 3 unspecified atom stereocenters. The van der Waals surface area contributed by atoms with Gasteiger partial charge in [-0.05, 0) is 53.9 Å². The molecule has 2 heterocycles.